The topological polar surface area (TPSA) is 70.6 Å². The molecule has 0 saturated heterocycles. The van der Waals surface area contributed by atoms with Crippen LogP contribution in [-0.2, 0) is 16.0 Å². The van der Waals surface area contributed by atoms with Gasteiger partial charge in [0.05, 0.1) is 6.21 Å². The molecule has 0 aromatic heterocycles. The summed E-state index contributed by atoms with van der Waals surface area (Å²) in [6.07, 6.45) is 2.46. The Morgan fingerprint density at radius 2 is 1.65 bits per heavy atom. The summed E-state index contributed by atoms with van der Waals surface area (Å²) in [6.45, 7) is 4.02. The Labute approximate surface area is 135 Å². The van der Waals surface area contributed by atoms with Crippen LogP contribution < -0.4 is 10.7 Å². The summed E-state index contributed by atoms with van der Waals surface area (Å²) >= 11 is 0. The zero-order chi connectivity index (χ0) is 16.7. The Morgan fingerprint density at radius 1 is 1.00 bits per heavy atom. The number of carbonyl (C=O) groups is 2. The highest BCUT2D eigenvalue weighted by molar-refractivity contribution is 6.39. The molecular formula is C18H19N3O2. The van der Waals surface area contributed by atoms with Crippen molar-refractivity contribution in [2.24, 2.45) is 5.10 Å². The van der Waals surface area contributed by atoms with Crippen LogP contribution in [0.4, 0.5) is 5.69 Å². The SMILES string of the molecule is CCc1ccc(/C=N\NC(=O)C(=O)Nc2ccc(C)cc2)cc1. The molecule has 118 valence electrons. The molecule has 2 amide bonds. The van der Waals surface area contributed by atoms with Gasteiger partial charge in [-0.2, -0.15) is 5.10 Å². The van der Waals surface area contributed by atoms with E-state index >= 15 is 0 Å². The summed E-state index contributed by atoms with van der Waals surface area (Å²) in [4.78, 5) is 23.4. The second-order valence-corrected chi connectivity index (χ2v) is 5.11. The standard InChI is InChI=1S/C18H19N3O2/c1-3-14-6-8-15(9-7-14)12-19-21-18(23)17(22)20-16-10-4-13(2)5-11-16/h4-12H,3H2,1-2H3,(H,20,22)(H,21,23)/b19-12-. The van der Waals surface area contributed by atoms with Gasteiger partial charge in [-0.1, -0.05) is 48.9 Å². The van der Waals surface area contributed by atoms with E-state index in [1.54, 1.807) is 12.1 Å². The minimum Gasteiger partial charge on any atom is -0.318 e. The van der Waals surface area contributed by atoms with Crippen molar-refractivity contribution < 1.29 is 9.59 Å². The number of carbonyl (C=O) groups excluding carboxylic acids is 2. The average Bonchev–Trinajstić information content (AvgIpc) is 2.57. The molecule has 5 heteroatoms. The van der Waals surface area contributed by atoms with E-state index in [9.17, 15) is 9.59 Å². The minimum atomic E-state index is -0.813. The fourth-order valence-electron chi connectivity index (χ4n) is 1.88. The number of amides is 2. The summed E-state index contributed by atoms with van der Waals surface area (Å²) in [5, 5.41) is 6.30. The monoisotopic (exact) mass is 309 g/mol. The van der Waals surface area contributed by atoms with Crippen molar-refractivity contribution in [3.8, 4) is 0 Å². The number of rotatable bonds is 4. The van der Waals surface area contributed by atoms with E-state index < -0.39 is 11.8 Å². The van der Waals surface area contributed by atoms with Crippen LogP contribution in [0.25, 0.3) is 0 Å². The lowest BCUT2D eigenvalue weighted by Crippen LogP contribution is -2.32. The van der Waals surface area contributed by atoms with E-state index in [1.165, 1.54) is 11.8 Å². The number of hydrazone groups is 1. The molecule has 5 nitrogen and oxygen atoms in total. The zero-order valence-electron chi connectivity index (χ0n) is 13.2. The predicted octanol–water partition coefficient (Wildman–Crippen LogP) is 2.65. The molecule has 0 spiro atoms. The lowest BCUT2D eigenvalue weighted by molar-refractivity contribution is -0.136. The normalized spacial score (nSPS) is 10.5. The molecule has 2 aromatic rings. The number of hydrogen-bond acceptors (Lipinski definition) is 3. The molecule has 0 fully saturated rings. The zero-order valence-corrected chi connectivity index (χ0v) is 13.2. The molecule has 2 aromatic carbocycles. The summed E-state index contributed by atoms with van der Waals surface area (Å²) in [5.41, 5.74) is 5.92. The van der Waals surface area contributed by atoms with E-state index in [-0.39, 0.29) is 0 Å². The molecule has 0 aliphatic carbocycles. The molecule has 0 radical (unpaired) electrons. The predicted molar refractivity (Wildman–Crippen MR) is 91.4 cm³/mol. The number of nitrogens with one attached hydrogen (secondary N) is 2. The van der Waals surface area contributed by atoms with Crippen molar-refractivity contribution in [3.05, 3.63) is 65.2 Å². The molecule has 2 N–H and O–H groups in total. The molecule has 2 rings (SSSR count). The number of benzene rings is 2. The third-order valence-corrected chi connectivity index (χ3v) is 3.28. The molecule has 0 unspecified atom stereocenters. The van der Waals surface area contributed by atoms with Crippen molar-refractivity contribution in [1.82, 2.24) is 5.43 Å². The van der Waals surface area contributed by atoms with Crippen molar-refractivity contribution in [3.63, 3.8) is 0 Å². The van der Waals surface area contributed by atoms with Crippen LogP contribution in [0.15, 0.2) is 53.6 Å². The van der Waals surface area contributed by atoms with Crippen LogP contribution in [-0.4, -0.2) is 18.0 Å². The fraction of sp³-hybridized carbons (Fsp3) is 0.167. The lowest BCUT2D eigenvalue weighted by Gasteiger charge is -2.04. The third-order valence-electron chi connectivity index (χ3n) is 3.28. The highest BCUT2D eigenvalue weighted by atomic mass is 16.2. The first-order valence-electron chi connectivity index (χ1n) is 7.38. The van der Waals surface area contributed by atoms with Crippen LogP contribution >= 0.6 is 0 Å². The fourth-order valence-corrected chi connectivity index (χ4v) is 1.88. The van der Waals surface area contributed by atoms with Crippen molar-refractivity contribution >= 4 is 23.7 Å². The maximum Gasteiger partial charge on any atom is 0.329 e. The first-order valence-corrected chi connectivity index (χ1v) is 7.38. The Hall–Kier alpha value is -2.95. The van der Waals surface area contributed by atoms with Crippen LogP contribution in [0, 0.1) is 6.92 Å². The third kappa shape index (κ3) is 5.07. The molecule has 0 aliphatic heterocycles. The summed E-state index contributed by atoms with van der Waals surface area (Å²) in [7, 11) is 0. The highest BCUT2D eigenvalue weighted by Gasteiger charge is 2.12. The van der Waals surface area contributed by atoms with Gasteiger partial charge in [0.1, 0.15) is 0 Å². The van der Waals surface area contributed by atoms with Crippen LogP contribution in [0.1, 0.15) is 23.6 Å². The second kappa shape index (κ2) is 7.89. The van der Waals surface area contributed by atoms with Gasteiger partial charge in [0, 0.05) is 5.69 Å². The molecule has 0 bridgehead atoms. The smallest absolute Gasteiger partial charge is 0.318 e. The van der Waals surface area contributed by atoms with E-state index in [0.29, 0.717) is 5.69 Å². The Morgan fingerprint density at radius 3 is 2.26 bits per heavy atom. The lowest BCUT2D eigenvalue weighted by atomic mass is 10.1. The first-order chi connectivity index (χ1) is 11.1. The Bertz CT molecular complexity index is 704. The van der Waals surface area contributed by atoms with Gasteiger partial charge in [0.15, 0.2) is 0 Å². The molecule has 23 heavy (non-hydrogen) atoms. The van der Waals surface area contributed by atoms with E-state index in [0.717, 1.165) is 17.5 Å². The molecule has 0 heterocycles. The van der Waals surface area contributed by atoms with Crippen molar-refractivity contribution in [2.75, 3.05) is 5.32 Å². The molecular weight excluding hydrogens is 290 g/mol. The maximum absolute atomic E-state index is 11.7. The average molecular weight is 309 g/mol. The van der Waals surface area contributed by atoms with Gasteiger partial charge in [-0.05, 0) is 36.6 Å². The Balaban J connectivity index is 1.86. The van der Waals surface area contributed by atoms with Gasteiger partial charge in [0.2, 0.25) is 0 Å². The van der Waals surface area contributed by atoms with Crippen molar-refractivity contribution in [1.29, 1.82) is 0 Å². The van der Waals surface area contributed by atoms with E-state index in [1.807, 2.05) is 43.3 Å². The largest absolute Gasteiger partial charge is 0.329 e. The first kappa shape index (κ1) is 16.4. The summed E-state index contributed by atoms with van der Waals surface area (Å²) in [6, 6.07) is 15.0. The minimum absolute atomic E-state index is 0.565. The molecule has 0 saturated carbocycles. The van der Waals surface area contributed by atoms with Gasteiger partial charge in [-0.15, -0.1) is 0 Å². The number of anilines is 1. The van der Waals surface area contributed by atoms with Gasteiger partial charge < -0.3 is 5.32 Å². The number of nitrogens with zero attached hydrogens (tertiary/aromatic N) is 1. The molecule has 0 atom stereocenters. The number of hydrogen-bond donors (Lipinski definition) is 2. The van der Waals surface area contributed by atoms with E-state index in [2.05, 4.69) is 22.8 Å². The molecule has 0 aliphatic rings. The maximum atomic E-state index is 11.7. The van der Waals surface area contributed by atoms with E-state index in [4.69, 9.17) is 0 Å². The van der Waals surface area contributed by atoms with Gasteiger partial charge >= 0.3 is 11.8 Å². The summed E-state index contributed by atoms with van der Waals surface area (Å²) in [5.74, 6) is -1.57. The summed E-state index contributed by atoms with van der Waals surface area (Å²) < 4.78 is 0. The van der Waals surface area contributed by atoms with Gasteiger partial charge in [-0.25, -0.2) is 5.43 Å². The second-order valence-electron chi connectivity index (χ2n) is 5.11. The van der Waals surface area contributed by atoms with Crippen LogP contribution in [0.3, 0.4) is 0 Å². The Kier molecular flexibility index (Phi) is 5.63. The van der Waals surface area contributed by atoms with Crippen molar-refractivity contribution in [2.45, 2.75) is 20.3 Å². The van der Waals surface area contributed by atoms with Crippen LogP contribution in [0.5, 0.6) is 0 Å². The van der Waals surface area contributed by atoms with Gasteiger partial charge in [0.25, 0.3) is 0 Å². The number of aryl methyl sites for hydroxylation is 2. The quantitative estimate of drug-likeness (QED) is 0.518. The van der Waals surface area contributed by atoms with Crippen LogP contribution in [0.2, 0.25) is 0 Å². The highest BCUT2D eigenvalue weighted by Crippen LogP contribution is 2.08. The van der Waals surface area contributed by atoms with Gasteiger partial charge in [-0.3, -0.25) is 9.59 Å².